The van der Waals surface area contributed by atoms with Gasteiger partial charge in [-0.1, -0.05) is 11.6 Å². The van der Waals surface area contributed by atoms with Gasteiger partial charge in [-0.2, -0.15) is 0 Å². The van der Waals surface area contributed by atoms with Gasteiger partial charge in [0.25, 0.3) is 10.0 Å². The number of nitrogens with zero attached hydrogens (tertiary/aromatic N) is 1. The van der Waals surface area contributed by atoms with Crippen LogP contribution >= 0.6 is 27.5 Å². The summed E-state index contributed by atoms with van der Waals surface area (Å²) >= 11 is 9.19. The van der Waals surface area contributed by atoms with E-state index in [4.69, 9.17) is 11.6 Å². The maximum atomic E-state index is 12.3. The van der Waals surface area contributed by atoms with Gasteiger partial charge >= 0.3 is 0 Å². The molecule has 8 heteroatoms. The average Bonchev–Trinajstić information content (AvgIpc) is 2.42. The summed E-state index contributed by atoms with van der Waals surface area (Å²) in [6.45, 7) is 0. The lowest BCUT2D eigenvalue weighted by Gasteiger charge is -2.11. The molecule has 0 aliphatic heterocycles. The summed E-state index contributed by atoms with van der Waals surface area (Å²) in [6, 6.07) is 6.40. The number of pyridine rings is 1. The summed E-state index contributed by atoms with van der Waals surface area (Å²) in [5, 5.41) is 3.24. The van der Waals surface area contributed by atoms with Crippen molar-refractivity contribution in [3.05, 3.63) is 46.2 Å². The molecule has 0 amide bonds. The monoisotopic (exact) mass is 375 g/mol. The fraction of sp³-hybridized carbons (Fsp3) is 0.0833. The summed E-state index contributed by atoms with van der Waals surface area (Å²) in [7, 11) is -2.09. The topological polar surface area (TPSA) is 71.1 Å². The number of nitrogens with one attached hydrogen (secondary N) is 2. The molecule has 20 heavy (non-hydrogen) atoms. The normalized spacial score (nSPS) is 11.2. The minimum Gasteiger partial charge on any atom is -0.387 e. The fourth-order valence-electron chi connectivity index (χ4n) is 1.57. The van der Waals surface area contributed by atoms with Gasteiger partial charge in [0.2, 0.25) is 0 Å². The number of hydrogen-bond acceptors (Lipinski definition) is 4. The zero-order chi connectivity index (χ0) is 14.8. The highest BCUT2D eigenvalue weighted by atomic mass is 79.9. The molecule has 0 saturated carbocycles. The van der Waals surface area contributed by atoms with Crippen LogP contribution in [0.5, 0.6) is 0 Å². The number of aromatic nitrogens is 1. The third-order valence-corrected chi connectivity index (χ3v) is 5.16. The molecular formula is C12H11BrClN3O2S. The number of anilines is 2. The standard InChI is InChI=1S/C12H11BrClN3O2S/c1-15-11-4-5-16-7-12(11)20(18,19)17-8-2-3-9(13)10(14)6-8/h2-7,17H,1H3,(H,15,16). The predicted molar refractivity (Wildman–Crippen MR) is 83.7 cm³/mol. The Hall–Kier alpha value is -1.31. The lowest BCUT2D eigenvalue weighted by Crippen LogP contribution is -2.15. The first-order valence-electron chi connectivity index (χ1n) is 5.53. The molecule has 2 rings (SSSR count). The molecule has 0 radical (unpaired) electrons. The van der Waals surface area contributed by atoms with E-state index in [9.17, 15) is 8.42 Å². The van der Waals surface area contributed by atoms with Crippen LogP contribution in [0, 0.1) is 0 Å². The van der Waals surface area contributed by atoms with E-state index in [1.54, 1.807) is 25.2 Å². The second-order valence-electron chi connectivity index (χ2n) is 3.86. The molecule has 2 N–H and O–H groups in total. The largest absolute Gasteiger partial charge is 0.387 e. The van der Waals surface area contributed by atoms with E-state index in [1.807, 2.05) is 0 Å². The predicted octanol–water partition coefficient (Wildman–Crippen LogP) is 3.34. The molecular weight excluding hydrogens is 366 g/mol. The smallest absolute Gasteiger partial charge is 0.265 e. The molecule has 1 heterocycles. The van der Waals surface area contributed by atoms with Crippen molar-refractivity contribution in [2.75, 3.05) is 17.1 Å². The Labute approximate surface area is 130 Å². The van der Waals surface area contributed by atoms with Gasteiger partial charge in [0.05, 0.1) is 16.4 Å². The van der Waals surface area contributed by atoms with Crippen molar-refractivity contribution in [1.82, 2.24) is 4.98 Å². The number of benzene rings is 1. The van der Waals surface area contributed by atoms with Crippen molar-refractivity contribution in [2.45, 2.75) is 4.90 Å². The van der Waals surface area contributed by atoms with Crippen LogP contribution in [-0.4, -0.2) is 20.4 Å². The van der Waals surface area contributed by atoms with Crippen LogP contribution in [-0.2, 0) is 10.0 Å². The highest BCUT2D eigenvalue weighted by Gasteiger charge is 2.18. The SMILES string of the molecule is CNc1ccncc1S(=O)(=O)Nc1ccc(Br)c(Cl)c1. The summed E-state index contributed by atoms with van der Waals surface area (Å²) in [4.78, 5) is 3.91. The Kier molecular flexibility index (Phi) is 4.52. The van der Waals surface area contributed by atoms with Crippen LogP contribution in [0.1, 0.15) is 0 Å². The molecule has 1 aromatic heterocycles. The summed E-state index contributed by atoms with van der Waals surface area (Å²) in [5.41, 5.74) is 0.847. The first kappa shape index (κ1) is 15.1. The van der Waals surface area contributed by atoms with Crippen molar-refractivity contribution in [1.29, 1.82) is 0 Å². The Balaban J connectivity index is 2.38. The first-order chi connectivity index (χ1) is 9.44. The summed E-state index contributed by atoms with van der Waals surface area (Å²) in [6.07, 6.45) is 2.80. The summed E-state index contributed by atoms with van der Waals surface area (Å²) in [5.74, 6) is 0. The maximum Gasteiger partial charge on any atom is 0.265 e. The van der Waals surface area contributed by atoms with Crippen LogP contribution in [0.25, 0.3) is 0 Å². The van der Waals surface area contributed by atoms with Gasteiger partial charge in [-0.15, -0.1) is 0 Å². The van der Waals surface area contributed by atoms with Crippen LogP contribution in [0.3, 0.4) is 0 Å². The van der Waals surface area contributed by atoms with Gasteiger partial charge in [0.1, 0.15) is 4.90 Å². The highest BCUT2D eigenvalue weighted by molar-refractivity contribution is 9.10. The fourth-order valence-corrected chi connectivity index (χ4v) is 3.20. The van der Waals surface area contributed by atoms with E-state index in [2.05, 4.69) is 31.0 Å². The zero-order valence-electron chi connectivity index (χ0n) is 10.4. The second-order valence-corrected chi connectivity index (χ2v) is 6.77. The Bertz CT molecular complexity index is 737. The molecule has 5 nitrogen and oxygen atoms in total. The average molecular weight is 377 g/mol. The van der Waals surface area contributed by atoms with E-state index in [1.165, 1.54) is 18.5 Å². The Morgan fingerprint density at radius 3 is 2.70 bits per heavy atom. The molecule has 0 aliphatic carbocycles. The molecule has 0 spiro atoms. The molecule has 0 aliphatic rings. The Morgan fingerprint density at radius 2 is 2.05 bits per heavy atom. The van der Waals surface area contributed by atoms with Crippen LogP contribution in [0.15, 0.2) is 46.0 Å². The minimum absolute atomic E-state index is 0.0709. The second kappa shape index (κ2) is 5.99. The quantitative estimate of drug-likeness (QED) is 0.858. The number of rotatable bonds is 4. The van der Waals surface area contributed by atoms with E-state index in [-0.39, 0.29) is 4.90 Å². The van der Waals surface area contributed by atoms with Crippen molar-refractivity contribution in [2.24, 2.45) is 0 Å². The van der Waals surface area contributed by atoms with Crippen molar-refractivity contribution >= 4 is 48.9 Å². The van der Waals surface area contributed by atoms with E-state index >= 15 is 0 Å². The molecule has 106 valence electrons. The molecule has 0 saturated heterocycles. The van der Waals surface area contributed by atoms with Crippen molar-refractivity contribution < 1.29 is 8.42 Å². The number of sulfonamides is 1. The van der Waals surface area contributed by atoms with Gasteiger partial charge in [0.15, 0.2) is 0 Å². The molecule has 0 atom stereocenters. The van der Waals surface area contributed by atoms with E-state index < -0.39 is 10.0 Å². The number of halogens is 2. The lowest BCUT2D eigenvalue weighted by atomic mass is 10.3. The first-order valence-corrected chi connectivity index (χ1v) is 8.19. The van der Waals surface area contributed by atoms with E-state index in [0.717, 1.165) is 0 Å². The molecule has 1 aromatic carbocycles. The molecule has 0 bridgehead atoms. The van der Waals surface area contributed by atoms with Crippen molar-refractivity contribution in [3.8, 4) is 0 Å². The number of hydrogen-bond donors (Lipinski definition) is 2. The third-order valence-electron chi connectivity index (χ3n) is 2.52. The van der Waals surface area contributed by atoms with Crippen LogP contribution in [0.2, 0.25) is 5.02 Å². The van der Waals surface area contributed by atoms with Gasteiger partial charge in [0, 0.05) is 23.9 Å². The lowest BCUT2D eigenvalue weighted by molar-refractivity contribution is 0.601. The van der Waals surface area contributed by atoms with Crippen molar-refractivity contribution in [3.63, 3.8) is 0 Å². The Morgan fingerprint density at radius 1 is 1.30 bits per heavy atom. The van der Waals surface area contributed by atoms with E-state index in [0.29, 0.717) is 20.9 Å². The third kappa shape index (κ3) is 3.23. The van der Waals surface area contributed by atoms with Gasteiger partial charge in [-0.25, -0.2) is 8.42 Å². The maximum absolute atomic E-state index is 12.3. The zero-order valence-corrected chi connectivity index (χ0v) is 13.6. The molecule has 0 fully saturated rings. The summed E-state index contributed by atoms with van der Waals surface area (Å²) < 4.78 is 27.8. The van der Waals surface area contributed by atoms with Crippen LogP contribution in [0.4, 0.5) is 11.4 Å². The highest BCUT2D eigenvalue weighted by Crippen LogP contribution is 2.28. The van der Waals surface area contributed by atoms with Gasteiger partial charge in [-0.3, -0.25) is 9.71 Å². The molecule has 0 unspecified atom stereocenters. The minimum atomic E-state index is -3.73. The van der Waals surface area contributed by atoms with Gasteiger partial charge < -0.3 is 5.32 Å². The molecule has 2 aromatic rings. The van der Waals surface area contributed by atoms with Gasteiger partial charge in [-0.05, 0) is 40.2 Å². The van der Waals surface area contributed by atoms with Crippen LogP contribution < -0.4 is 10.0 Å².